The normalized spacial score (nSPS) is 15.4. The Hall–Kier alpha value is -1.88. The van der Waals surface area contributed by atoms with E-state index < -0.39 is 0 Å². The monoisotopic (exact) mass is 345 g/mol. The van der Waals surface area contributed by atoms with Gasteiger partial charge in [0.15, 0.2) is 0 Å². The molecule has 1 saturated heterocycles. The van der Waals surface area contributed by atoms with Crippen molar-refractivity contribution in [2.75, 3.05) is 39.3 Å². The van der Waals surface area contributed by atoms with Gasteiger partial charge in [0.25, 0.3) is 5.91 Å². The Kier molecular flexibility index (Phi) is 7.44. The van der Waals surface area contributed by atoms with Crippen molar-refractivity contribution >= 4 is 11.8 Å². The van der Waals surface area contributed by atoms with Crippen LogP contribution >= 0.6 is 0 Å². The van der Waals surface area contributed by atoms with E-state index in [0.717, 1.165) is 38.0 Å². The molecular weight excluding hydrogens is 314 g/mol. The van der Waals surface area contributed by atoms with E-state index in [9.17, 15) is 9.59 Å². The zero-order valence-corrected chi connectivity index (χ0v) is 15.8. The largest absolute Gasteiger partial charge is 0.355 e. The van der Waals surface area contributed by atoms with Gasteiger partial charge < -0.3 is 10.2 Å². The maximum absolute atomic E-state index is 12.6. The van der Waals surface area contributed by atoms with Crippen LogP contribution in [-0.2, 0) is 4.79 Å². The number of carbonyl (C=O) groups excluding carboxylic acids is 2. The van der Waals surface area contributed by atoms with Gasteiger partial charge in [0.2, 0.25) is 5.91 Å². The highest BCUT2D eigenvalue weighted by molar-refractivity contribution is 5.94. The molecule has 0 spiro atoms. The number of amides is 2. The molecule has 25 heavy (non-hydrogen) atoms. The summed E-state index contributed by atoms with van der Waals surface area (Å²) in [6.45, 7) is 10.4. The number of hydrogen-bond donors (Lipinski definition) is 1. The van der Waals surface area contributed by atoms with Gasteiger partial charge in [-0.3, -0.25) is 14.5 Å². The van der Waals surface area contributed by atoms with E-state index >= 15 is 0 Å². The number of rotatable bonds is 7. The summed E-state index contributed by atoms with van der Waals surface area (Å²) in [6, 6.07) is 7.92. The lowest BCUT2D eigenvalue weighted by molar-refractivity contribution is -0.122. The first-order valence-corrected chi connectivity index (χ1v) is 9.39. The summed E-state index contributed by atoms with van der Waals surface area (Å²) >= 11 is 0. The summed E-state index contributed by atoms with van der Waals surface area (Å²) in [5.74, 6) is 0.635. The second kappa shape index (κ2) is 9.56. The number of carbonyl (C=O) groups is 2. The molecular formula is C20H31N3O2. The third-order valence-electron chi connectivity index (χ3n) is 4.70. The highest BCUT2D eigenvalue weighted by atomic mass is 16.2. The van der Waals surface area contributed by atoms with Crippen LogP contribution in [0.3, 0.4) is 0 Å². The first-order valence-electron chi connectivity index (χ1n) is 9.39. The first-order chi connectivity index (χ1) is 12.0. The molecule has 2 amide bonds. The molecule has 0 aromatic heterocycles. The predicted molar refractivity (Wildman–Crippen MR) is 101 cm³/mol. The third kappa shape index (κ3) is 5.85. The van der Waals surface area contributed by atoms with E-state index in [0.29, 0.717) is 25.6 Å². The Balaban J connectivity index is 1.79. The van der Waals surface area contributed by atoms with Crippen molar-refractivity contribution in [2.24, 2.45) is 0 Å². The van der Waals surface area contributed by atoms with Gasteiger partial charge in [-0.2, -0.15) is 0 Å². The molecule has 1 aromatic rings. The summed E-state index contributed by atoms with van der Waals surface area (Å²) in [5.41, 5.74) is 1.99. The minimum absolute atomic E-state index is 0.0810. The number of nitrogens with zero attached hydrogens (tertiary/aromatic N) is 2. The molecule has 0 saturated carbocycles. The van der Waals surface area contributed by atoms with Crippen molar-refractivity contribution < 1.29 is 9.59 Å². The van der Waals surface area contributed by atoms with Crippen LogP contribution in [0.1, 0.15) is 55.5 Å². The topological polar surface area (TPSA) is 52.7 Å². The first kappa shape index (κ1) is 19.4. The van der Waals surface area contributed by atoms with Gasteiger partial charge in [-0.25, -0.2) is 0 Å². The van der Waals surface area contributed by atoms with Gasteiger partial charge in [-0.15, -0.1) is 0 Å². The van der Waals surface area contributed by atoms with Gasteiger partial charge in [-0.1, -0.05) is 39.3 Å². The van der Waals surface area contributed by atoms with Gasteiger partial charge in [-0.05, 0) is 30.0 Å². The quantitative estimate of drug-likeness (QED) is 0.773. The summed E-state index contributed by atoms with van der Waals surface area (Å²) in [5, 5.41) is 2.94. The third-order valence-corrected chi connectivity index (χ3v) is 4.70. The number of benzene rings is 1. The van der Waals surface area contributed by atoms with Gasteiger partial charge in [0.05, 0.1) is 6.54 Å². The van der Waals surface area contributed by atoms with Crippen molar-refractivity contribution in [2.45, 2.75) is 39.5 Å². The molecule has 0 bridgehead atoms. The predicted octanol–water partition coefficient (Wildman–Crippen LogP) is 2.48. The fourth-order valence-electron chi connectivity index (χ4n) is 2.97. The number of unbranched alkanes of at least 4 members (excludes halogenated alkanes) is 1. The average Bonchev–Trinajstić information content (AvgIpc) is 2.62. The number of piperazine rings is 1. The van der Waals surface area contributed by atoms with Crippen LogP contribution in [0.2, 0.25) is 0 Å². The smallest absolute Gasteiger partial charge is 0.253 e. The van der Waals surface area contributed by atoms with Crippen LogP contribution in [0.4, 0.5) is 0 Å². The van der Waals surface area contributed by atoms with Crippen LogP contribution < -0.4 is 5.32 Å². The highest BCUT2D eigenvalue weighted by Gasteiger charge is 2.23. The molecule has 1 aliphatic rings. The molecule has 1 aromatic carbocycles. The van der Waals surface area contributed by atoms with E-state index in [1.807, 2.05) is 29.2 Å². The van der Waals surface area contributed by atoms with Crippen molar-refractivity contribution in [1.29, 1.82) is 0 Å². The Morgan fingerprint density at radius 2 is 1.72 bits per heavy atom. The van der Waals surface area contributed by atoms with Crippen LogP contribution in [-0.4, -0.2) is 60.9 Å². The van der Waals surface area contributed by atoms with Crippen molar-refractivity contribution in [1.82, 2.24) is 15.1 Å². The van der Waals surface area contributed by atoms with Gasteiger partial charge in [0, 0.05) is 38.3 Å². The van der Waals surface area contributed by atoms with Gasteiger partial charge >= 0.3 is 0 Å². The maximum atomic E-state index is 12.6. The molecule has 138 valence electrons. The summed E-state index contributed by atoms with van der Waals surface area (Å²) < 4.78 is 0. The molecule has 2 rings (SSSR count). The molecule has 1 fully saturated rings. The minimum Gasteiger partial charge on any atom is -0.355 e. The minimum atomic E-state index is 0.0810. The van der Waals surface area contributed by atoms with Crippen LogP contribution in [0.25, 0.3) is 0 Å². The van der Waals surface area contributed by atoms with E-state index in [-0.39, 0.29) is 11.8 Å². The van der Waals surface area contributed by atoms with Crippen LogP contribution in [0.15, 0.2) is 24.3 Å². The standard InChI is InChI=1S/C20H31N3O2/c1-4-5-10-21-19(24)15-22-11-13-23(14-12-22)20(25)18-8-6-17(7-9-18)16(2)3/h6-9,16H,4-5,10-15H2,1-3H3,(H,21,24). The zero-order chi connectivity index (χ0) is 18.2. The SMILES string of the molecule is CCCCNC(=O)CN1CCN(C(=O)c2ccc(C(C)C)cc2)CC1. The lowest BCUT2D eigenvalue weighted by Crippen LogP contribution is -2.51. The summed E-state index contributed by atoms with van der Waals surface area (Å²) in [7, 11) is 0. The Bertz CT molecular complexity index is 561. The maximum Gasteiger partial charge on any atom is 0.253 e. The van der Waals surface area contributed by atoms with E-state index in [2.05, 4.69) is 31.0 Å². The molecule has 1 N–H and O–H groups in total. The second-order valence-corrected chi connectivity index (χ2v) is 7.05. The summed E-state index contributed by atoms with van der Waals surface area (Å²) in [6.07, 6.45) is 2.10. The van der Waals surface area contributed by atoms with Crippen LogP contribution in [0, 0.1) is 0 Å². The molecule has 5 heteroatoms. The molecule has 0 unspecified atom stereocenters. The zero-order valence-electron chi connectivity index (χ0n) is 15.8. The molecule has 1 aliphatic heterocycles. The van der Waals surface area contributed by atoms with E-state index in [4.69, 9.17) is 0 Å². The van der Waals surface area contributed by atoms with Gasteiger partial charge in [0.1, 0.15) is 0 Å². The molecule has 0 radical (unpaired) electrons. The second-order valence-electron chi connectivity index (χ2n) is 7.05. The fourth-order valence-corrected chi connectivity index (χ4v) is 2.97. The average molecular weight is 345 g/mol. The molecule has 1 heterocycles. The molecule has 0 aliphatic carbocycles. The number of nitrogens with one attached hydrogen (secondary N) is 1. The van der Waals surface area contributed by atoms with Crippen LogP contribution in [0.5, 0.6) is 0 Å². The van der Waals surface area contributed by atoms with E-state index in [1.54, 1.807) is 0 Å². The molecule has 5 nitrogen and oxygen atoms in total. The summed E-state index contributed by atoms with van der Waals surface area (Å²) in [4.78, 5) is 28.5. The van der Waals surface area contributed by atoms with Crippen molar-refractivity contribution in [3.8, 4) is 0 Å². The Morgan fingerprint density at radius 1 is 1.08 bits per heavy atom. The Morgan fingerprint density at radius 3 is 2.28 bits per heavy atom. The lowest BCUT2D eigenvalue weighted by Gasteiger charge is -2.34. The van der Waals surface area contributed by atoms with Crippen molar-refractivity contribution in [3.63, 3.8) is 0 Å². The van der Waals surface area contributed by atoms with E-state index in [1.165, 1.54) is 5.56 Å². The van der Waals surface area contributed by atoms with Crippen molar-refractivity contribution in [3.05, 3.63) is 35.4 Å². The highest BCUT2D eigenvalue weighted by Crippen LogP contribution is 2.16. The lowest BCUT2D eigenvalue weighted by atomic mass is 10.0. The Labute approximate surface area is 151 Å². The molecule has 0 atom stereocenters. The number of hydrogen-bond acceptors (Lipinski definition) is 3. The fraction of sp³-hybridized carbons (Fsp3) is 0.600.